The SMILES string of the molecule is NCc1ccc(OCC(=O)N2C[C@@H](O)[C@@H](O)C2)cc1. The summed E-state index contributed by atoms with van der Waals surface area (Å²) in [6, 6.07) is 7.18. The smallest absolute Gasteiger partial charge is 0.260 e. The molecule has 0 unspecified atom stereocenters. The van der Waals surface area contributed by atoms with E-state index in [1.54, 1.807) is 12.1 Å². The van der Waals surface area contributed by atoms with Crippen LogP contribution >= 0.6 is 0 Å². The summed E-state index contributed by atoms with van der Waals surface area (Å²) in [6.07, 6.45) is -1.74. The molecule has 0 aromatic heterocycles. The first-order chi connectivity index (χ1) is 9.10. The molecule has 1 amide bonds. The number of nitrogens with two attached hydrogens (primary N) is 1. The molecule has 1 aliphatic heterocycles. The van der Waals surface area contributed by atoms with Gasteiger partial charge >= 0.3 is 0 Å². The van der Waals surface area contributed by atoms with Gasteiger partial charge in [-0.3, -0.25) is 4.79 Å². The highest BCUT2D eigenvalue weighted by Gasteiger charge is 2.32. The highest BCUT2D eigenvalue weighted by atomic mass is 16.5. The summed E-state index contributed by atoms with van der Waals surface area (Å²) >= 11 is 0. The molecule has 104 valence electrons. The maximum absolute atomic E-state index is 11.8. The summed E-state index contributed by atoms with van der Waals surface area (Å²) in [5.74, 6) is 0.337. The van der Waals surface area contributed by atoms with Crippen molar-refractivity contribution in [2.45, 2.75) is 18.8 Å². The third-order valence-corrected chi connectivity index (χ3v) is 3.13. The van der Waals surface area contributed by atoms with Crippen LogP contribution in [0.3, 0.4) is 0 Å². The Balaban J connectivity index is 1.83. The Morgan fingerprint density at radius 2 is 1.84 bits per heavy atom. The number of β-amino-alcohol motifs (C(OH)–C–C–N with tert-alkyl or cyclic N) is 2. The topological polar surface area (TPSA) is 96.0 Å². The minimum Gasteiger partial charge on any atom is -0.484 e. The van der Waals surface area contributed by atoms with Gasteiger partial charge in [0.1, 0.15) is 5.75 Å². The fraction of sp³-hybridized carbons (Fsp3) is 0.462. The molecule has 0 radical (unpaired) electrons. The van der Waals surface area contributed by atoms with Crippen LogP contribution in [0, 0.1) is 0 Å². The number of hydrogen-bond donors (Lipinski definition) is 3. The Labute approximate surface area is 111 Å². The van der Waals surface area contributed by atoms with Crippen molar-refractivity contribution in [1.82, 2.24) is 4.90 Å². The van der Waals surface area contributed by atoms with E-state index in [9.17, 15) is 15.0 Å². The van der Waals surface area contributed by atoms with E-state index in [4.69, 9.17) is 10.5 Å². The van der Waals surface area contributed by atoms with Gasteiger partial charge in [0, 0.05) is 19.6 Å². The van der Waals surface area contributed by atoms with Gasteiger partial charge in [-0.05, 0) is 17.7 Å². The highest BCUT2D eigenvalue weighted by Crippen LogP contribution is 2.13. The molecule has 1 aliphatic rings. The molecule has 2 atom stereocenters. The number of carbonyl (C=O) groups is 1. The van der Waals surface area contributed by atoms with Gasteiger partial charge in [0.25, 0.3) is 5.91 Å². The number of aliphatic hydroxyl groups excluding tert-OH is 2. The maximum Gasteiger partial charge on any atom is 0.260 e. The second-order valence-electron chi connectivity index (χ2n) is 4.57. The van der Waals surface area contributed by atoms with Crippen molar-refractivity contribution in [3.05, 3.63) is 29.8 Å². The van der Waals surface area contributed by atoms with Gasteiger partial charge in [0.2, 0.25) is 0 Å². The first-order valence-corrected chi connectivity index (χ1v) is 6.16. The van der Waals surface area contributed by atoms with Gasteiger partial charge in [0.05, 0.1) is 12.2 Å². The lowest BCUT2D eigenvalue weighted by Gasteiger charge is -2.15. The number of aliphatic hydroxyl groups is 2. The number of carbonyl (C=O) groups excluding carboxylic acids is 1. The fourth-order valence-electron chi connectivity index (χ4n) is 1.93. The van der Waals surface area contributed by atoms with Crippen LogP contribution in [0.5, 0.6) is 5.75 Å². The van der Waals surface area contributed by atoms with Gasteiger partial charge in [-0.15, -0.1) is 0 Å². The molecule has 6 heteroatoms. The molecule has 2 rings (SSSR count). The summed E-state index contributed by atoms with van der Waals surface area (Å²) in [4.78, 5) is 13.2. The van der Waals surface area contributed by atoms with Gasteiger partial charge in [-0.25, -0.2) is 0 Å². The number of likely N-dealkylation sites (tertiary alicyclic amines) is 1. The molecule has 1 saturated heterocycles. The van der Waals surface area contributed by atoms with Crippen molar-refractivity contribution >= 4 is 5.91 Å². The van der Waals surface area contributed by atoms with Crippen molar-refractivity contribution in [3.63, 3.8) is 0 Å². The molecular weight excluding hydrogens is 248 g/mol. The van der Waals surface area contributed by atoms with Gasteiger partial charge in [-0.2, -0.15) is 0 Å². The quantitative estimate of drug-likeness (QED) is 0.655. The number of rotatable bonds is 4. The van der Waals surface area contributed by atoms with E-state index in [0.717, 1.165) is 5.56 Å². The zero-order valence-electron chi connectivity index (χ0n) is 10.5. The molecule has 0 bridgehead atoms. The molecule has 1 heterocycles. The van der Waals surface area contributed by atoms with Crippen LogP contribution in [0.4, 0.5) is 0 Å². The summed E-state index contributed by atoms with van der Waals surface area (Å²) in [5, 5.41) is 18.7. The number of ether oxygens (including phenoxy) is 1. The molecule has 0 saturated carbocycles. The molecule has 1 aromatic carbocycles. The predicted octanol–water partition coefficient (Wildman–Crippen LogP) is -0.912. The average molecular weight is 266 g/mol. The van der Waals surface area contributed by atoms with Crippen molar-refractivity contribution < 1.29 is 19.7 Å². The van der Waals surface area contributed by atoms with E-state index >= 15 is 0 Å². The first-order valence-electron chi connectivity index (χ1n) is 6.16. The molecule has 0 spiro atoms. The first kappa shape index (κ1) is 13.8. The van der Waals surface area contributed by atoms with Crippen molar-refractivity contribution in [2.24, 2.45) is 5.73 Å². The predicted molar refractivity (Wildman–Crippen MR) is 68.4 cm³/mol. The average Bonchev–Trinajstić information content (AvgIpc) is 2.77. The zero-order valence-corrected chi connectivity index (χ0v) is 10.5. The van der Waals surface area contributed by atoms with E-state index in [1.165, 1.54) is 4.90 Å². The number of amides is 1. The van der Waals surface area contributed by atoms with Crippen LogP contribution in [0.2, 0.25) is 0 Å². The minimum atomic E-state index is -0.868. The third kappa shape index (κ3) is 3.44. The highest BCUT2D eigenvalue weighted by molar-refractivity contribution is 5.78. The minimum absolute atomic E-state index is 0.110. The number of nitrogens with zero attached hydrogens (tertiary/aromatic N) is 1. The molecule has 0 aliphatic carbocycles. The van der Waals surface area contributed by atoms with Crippen LogP contribution in [-0.2, 0) is 11.3 Å². The Bertz CT molecular complexity index is 425. The van der Waals surface area contributed by atoms with E-state index < -0.39 is 12.2 Å². The van der Waals surface area contributed by atoms with E-state index in [0.29, 0.717) is 12.3 Å². The van der Waals surface area contributed by atoms with Gasteiger partial charge < -0.3 is 25.6 Å². The molecule has 6 nitrogen and oxygen atoms in total. The van der Waals surface area contributed by atoms with Gasteiger partial charge in [0.15, 0.2) is 6.61 Å². The molecule has 19 heavy (non-hydrogen) atoms. The number of benzene rings is 1. The Morgan fingerprint density at radius 3 is 2.37 bits per heavy atom. The Kier molecular flexibility index (Phi) is 4.36. The van der Waals surface area contributed by atoms with E-state index in [1.807, 2.05) is 12.1 Å². The molecule has 4 N–H and O–H groups in total. The van der Waals surface area contributed by atoms with E-state index in [-0.39, 0.29) is 25.6 Å². The summed E-state index contributed by atoms with van der Waals surface area (Å²) in [5.41, 5.74) is 6.47. The van der Waals surface area contributed by atoms with Crippen LogP contribution in [-0.4, -0.2) is 52.9 Å². The van der Waals surface area contributed by atoms with Gasteiger partial charge in [-0.1, -0.05) is 12.1 Å². The second kappa shape index (κ2) is 6.01. The lowest BCUT2D eigenvalue weighted by Crippen LogP contribution is -2.33. The van der Waals surface area contributed by atoms with E-state index in [2.05, 4.69) is 0 Å². The molecular formula is C13H18N2O4. The largest absolute Gasteiger partial charge is 0.484 e. The normalized spacial score (nSPS) is 22.6. The summed E-state index contributed by atoms with van der Waals surface area (Å²) < 4.78 is 5.35. The summed E-state index contributed by atoms with van der Waals surface area (Å²) in [6.45, 7) is 0.648. The van der Waals surface area contributed by atoms with Crippen LogP contribution in [0.25, 0.3) is 0 Å². The maximum atomic E-state index is 11.8. The van der Waals surface area contributed by atoms with Crippen LogP contribution in [0.1, 0.15) is 5.56 Å². The van der Waals surface area contributed by atoms with Crippen LogP contribution < -0.4 is 10.5 Å². The van der Waals surface area contributed by atoms with Crippen molar-refractivity contribution in [2.75, 3.05) is 19.7 Å². The standard InChI is InChI=1S/C13H18N2O4/c14-5-9-1-3-10(4-2-9)19-8-13(18)15-6-11(16)12(17)7-15/h1-4,11-12,16-17H,5-8,14H2/t11-,12+. The van der Waals surface area contributed by atoms with Crippen LogP contribution in [0.15, 0.2) is 24.3 Å². The van der Waals surface area contributed by atoms with Crippen molar-refractivity contribution in [3.8, 4) is 5.75 Å². The fourth-order valence-corrected chi connectivity index (χ4v) is 1.93. The van der Waals surface area contributed by atoms with Crippen molar-refractivity contribution in [1.29, 1.82) is 0 Å². The lowest BCUT2D eigenvalue weighted by atomic mass is 10.2. The second-order valence-corrected chi connectivity index (χ2v) is 4.57. The third-order valence-electron chi connectivity index (χ3n) is 3.13. The monoisotopic (exact) mass is 266 g/mol. The lowest BCUT2D eigenvalue weighted by molar-refractivity contribution is -0.132. The zero-order chi connectivity index (χ0) is 13.8. The summed E-state index contributed by atoms with van der Waals surface area (Å²) in [7, 11) is 0. The number of hydrogen-bond acceptors (Lipinski definition) is 5. The molecule has 1 fully saturated rings. The Morgan fingerprint density at radius 1 is 1.26 bits per heavy atom. The molecule has 1 aromatic rings. The Hall–Kier alpha value is -1.63.